The van der Waals surface area contributed by atoms with E-state index in [2.05, 4.69) is 5.32 Å². The monoisotopic (exact) mass is 479 g/mol. The largest absolute Gasteiger partial charge is 0.355 e. The number of hydrogen-bond donors (Lipinski definition) is 1. The van der Waals surface area contributed by atoms with Crippen LogP contribution in [-0.4, -0.2) is 50.5 Å². The molecule has 9 heteroatoms. The highest BCUT2D eigenvalue weighted by atomic mass is 35.5. The molecule has 1 N–H and O–H groups in total. The van der Waals surface area contributed by atoms with Crippen LogP contribution in [0.3, 0.4) is 0 Å². The number of carbonyl (C=O) groups is 2. The van der Waals surface area contributed by atoms with Crippen molar-refractivity contribution in [2.24, 2.45) is 0 Å². The van der Waals surface area contributed by atoms with Crippen molar-refractivity contribution < 1.29 is 18.0 Å². The second-order valence-electron chi connectivity index (χ2n) is 7.76. The molecule has 0 fully saturated rings. The minimum Gasteiger partial charge on any atom is -0.355 e. The first-order valence-corrected chi connectivity index (χ1v) is 12.5. The van der Waals surface area contributed by atoms with Gasteiger partial charge in [0.25, 0.3) is 0 Å². The Morgan fingerprint density at radius 3 is 2.22 bits per heavy atom. The number of halogens is 1. The van der Waals surface area contributed by atoms with Gasteiger partial charge in [-0.2, -0.15) is 0 Å². The maximum Gasteiger partial charge on any atom is 0.244 e. The lowest BCUT2D eigenvalue weighted by Crippen LogP contribution is -2.51. The van der Waals surface area contributed by atoms with Crippen LogP contribution < -0.4 is 9.62 Å². The van der Waals surface area contributed by atoms with Crippen LogP contribution in [0.5, 0.6) is 0 Å². The third kappa shape index (κ3) is 6.71. The molecule has 1 atom stereocenters. The first-order valence-electron chi connectivity index (χ1n) is 10.3. The van der Waals surface area contributed by atoms with Crippen molar-refractivity contribution in [2.75, 3.05) is 23.7 Å². The van der Waals surface area contributed by atoms with Crippen LogP contribution in [0.1, 0.15) is 30.5 Å². The summed E-state index contributed by atoms with van der Waals surface area (Å²) < 4.78 is 26.2. The van der Waals surface area contributed by atoms with Crippen molar-refractivity contribution in [1.29, 1.82) is 0 Å². The summed E-state index contributed by atoms with van der Waals surface area (Å²) in [6.07, 6.45) is 1.06. The lowest BCUT2D eigenvalue weighted by Gasteiger charge is -2.31. The number of nitrogens with one attached hydrogen (secondary N) is 1. The Bertz CT molecular complexity index is 1070. The van der Waals surface area contributed by atoms with Gasteiger partial charge in [-0.15, -0.1) is 0 Å². The summed E-state index contributed by atoms with van der Waals surface area (Å²) in [7, 11) is -3.74. The van der Waals surface area contributed by atoms with Crippen molar-refractivity contribution in [3.63, 3.8) is 0 Å². The number of sulfonamides is 1. The Morgan fingerprint density at radius 2 is 1.69 bits per heavy atom. The smallest absolute Gasteiger partial charge is 0.244 e. The van der Waals surface area contributed by atoms with Crippen LogP contribution >= 0.6 is 11.6 Å². The number of anilines is 1. The molecule has 0 aromatic heterocycles. The highest BCUT2D eigenvalue weighted by Crippen LogP contribution is 2.22. The summed E-state index contributed by atoms with van der Waals surface area (Å²) in [5.74, 6) is -0.797. The van der Waals surface area contributed by atoms with Gasteiger partial charge in [0, 0.05) is 18.1 Å². The standard InChI is InChI=1S/C23H30ClN3O4S/c1-6-25-23(29)18(4)26(14-19-8-10-20(24)11-9-19)22(28)15-27(32(5,30)31)21-12-7-16(2)17(3)13-21/h7-13,18H,6,14-15H2,1-5H3,(H,25,29). The molecule has 2 aromatic carbocycles. The van der Waals surface area contributed by atoms with E-state index in [4.69, 9.17) is 11.6 Å². The molecule has 7 nitrogen and oxygen atoms in total. The molecule has 0 bridgehead atoms. The van der Waals surface area contributed by atoms with E-state index < -0.39 is 28.5 Å². The van der Waals surface area contributed by atoms with Crippen LogP contribution in [-0.2, 0) is 26.2 Å². The van der Waals surface area contributed by atoms with Crippen LogP contribution in [0.25, 0.3) is 0 Å². The fourth-order valence-electron chi connectivity index (χ4n) is 3.19. The van der Waals surface area contributed by atoms with E-state index in [0.29, 0.717) is 17.3 Å². The topological polar surface area (TPSA) is 86.8 Å². The average molecular weight is 480 g/mol. The fraction of sp³-hybridized carbons (Fsp3) is 0.391. The number of rotatable bonds is 9. The minimum absolute atomic E-state index is 0.138. The number of nitrogens with zero attached hydrogens (tertiary/aromatic N) is 2. The Morgan fingerprint density at radius 1 is 1.06 bits per heavy atom. The van der Waals surface area contributed by atoms with E-state index in [1.807, 2.05) is 19.9 Å². The molecule has 1 unspecified atom stereocenters. The zero-order valence-electron chi connectivity index (χ0n) is 19.1. The Balaban J connectivity index is 2.39. The fourth-order valence-corrected chi connectivity index (χ4v) is 4.15. The Kier molecular flexibility index (Phi) is 8.69. The predicted molar refractivity (Wildman–Crippen MR) is 128 cm³/mol. The van der Waals surface area contributed by atoms with Gasteiger partial charge in [0.1, 0.15) is 12.6 Å². The molecule has 0 radical (unpaired) electrons. The quantitative estimate of drug-likeness (QED) is 0.598. The zero-order chi connectivity index (χ0) is 24.1. The lowest BCUT2D eigenvalue weighted by molar-refractivity contribution is -0.139. The highest BCUT2D eigenvalue weighted by Gasteiger charge is 2.30. The molecular formula is C23H30ClN3O4S. The maximum atomic E-state index is 13.4. The first-order chi connectivity index (χ1) is 14.9. The third-order valence-electron chi connectivity index (χ3n) is 5.24. The van der Waals surface area contributed by atoms with Crippen molar-refractivity contribution in [3.05, 3.63) is 64.2 Å². The summed E-state index contributed by atoms with van der Waals surface area (Å²) in [5, 5.41) is 3.28. The molecule has 0 spiro atoms. The molecule has 32 heavy (non-hydrogen) atoms. The van der Waals surface area contributed by atoms with E-state index in [1.54, 1.807) is 50.2 Å². The van der Waals surface area contributed by atoms with Crippen LogP contribution in [0.2, 0.25) is 5.02 Å². The number of amides is 2. The van der Waals surface area contributed by atoms with E-state index in [-0.39, 0.29) is 12.5 Å². The second kappa shape index (κ2) is 10.8. The van der Waals surface area contributed by atoms with E-state index in [1.165, 1.54) is 4.90 Å². The summed E-state index contributed by atoms with van der Waals surface area (Å²) >= 11 is 5.96. The van der Waals surface area contributed by atoms with Crippen LogP contribution in [0, 0.1) is 13.8 Å². The van der Waals surface area contributed by atoms with E-state index in [9.17, 15) is 18.0 Å². The Labute approximate surface area is 195 Å². The predicted octanol–water partition coefficient (Wildman–Crippen LogP) is 3.28. The van der Waals surface area contributed by atoms with Crippen molar-refractivity contribution in [1.82, 2.24) is 10.2 Å². The molecule has 0 aliphatic rings. The number of likely N-dealkylation sites (N-methyl/N-ethyl adjacent to an activating group) is 1. The zero-order valence-corrected chi connectivity index (χ0v) is 20.6. The van der Waals surface area contributed by atoms with Crippen molar-refractivity contribution >= 4 is 39.1 Å². The normalized spacial score (nSPS) is 12.2. The summed E-state index contributed by atoms with van der Waals surface area (Å²) in [5.41, 5.74) is 3.11. The molecule has 0 heterocycles. The number of aryl methyl sites for hydroxylation is 2. The van der Waals surface area contributed by atoms with Gasteiger partial charge in [0.2, 0.25) is 21.8 Å². The van der Waals surface area contributed by atoms with E-state index in [0.717, 1.165) is 27.3 Å². The van der Waals surface area contributed by atoms with Gasteiger partial charge < -0.3 is 10.2 Å². The van der Waals surface area contributed by atoms with Crippen molar-refractivity contribution in [3.8, 4) is 0 Å². The molecule has 2 amide bonds. The number of carbonyl (C=O) groups excluding carboxylic acids is 2. The van der Waals surface area contributed by atoms with Gasteiger partial charge in [-0.1, -0.05) is 29.8 Å². The SMILES string of the molecule is CCNC(=O)C(C)N(Cc1ccc(Cl)cc1)C(=O)CN(c1ccc(C)c(C)c1)S(C)(=O)=O. The molecule has 0 aliphatic carbocycles. The third-order valence-corrected chi connectivity index (χ3v) is 6.63. The van der Waals surface area contributed by atoms with Crippen molar-refractivity contribution in [2.45, 2.75) is 40.3 Å². The van der Waals surface area contributed by atoms with Gasteiger partial charge in [0.15, 0.2) is 0 Å². The molecule has 2 aromatic rings. The molecule has 2 rings (SSSR count). The highest BCUT2D eigenvalue weighted by molar-refractivity contribution is 7.92. The van der Waals surface area contributed by atoms with Gasteiger partial charge in [0.05, 0.1) is 11.9 Å². The lowest BCUT2D eigenvalue weighted by atomic mass is 10.1. The second-order valence-corrected chi connectivity index (χ2v) is 10.1. The minimum atomic E-state index is -3.74. The molecule has 174 valence electrons. The molecular weight excluding hydrogens is 450 g/mol. The van der Waals surface area contributed by atoms with Gasteiger partial charge >= 0.3 is 0 Å². The maximum absolute atomic E-state index is 13.4. The van der Waals surface area contributed by atoms with Gasteiger partial charge in [-0.3, -0.25) is 13.9 Å². The Hall–Kier alpha value is -2.58. The van der Waals surface area contributed by atoms with Crippen LogP contribution in [0.4, 0.5) is 5.69 Å². The average Bonchev–Trinajstić information content (AvgIpc) is 2.72. The summed E-state index contributed by atoms with van der Waals surface area (Å²) in [6.45, 7) is 7.37. The number of hydrogen-bond acceptors (Lipinski definition) is 4. The molecule has 0 saturated carbocycles. The van der Waals surface area contributed by atoms with E-state index >= 15 is 0 Å². The molecule has 0 saturated heterocycles. The summed E-state index contributed by atoms with van der Waals surface area (Å²) in [6, 6.07) is 11.4. The van der Waals surface area contributed by atoms with Gasteiger partial charge in [-0.05, 0) is 68.7 Å². The van der Waals surface area contributed by atoms with Gasteiger partial charge in [-0.25, -0.2) is 8.42 Å². The van der Waals surface area contributed by atoms with Crippen LogP contribution in [0.15, 0.2) is 42.5 Å². The number of benzene rings is 2. The molecule has 0 aliphatic heterocycles. The summed E-state index contributed by atoms with van der Waals surface area (Å²) in [4.78, 5) is 27.3. The first kappa shape index (κ1) is 25.7.